The molecule has 0 saturated carbocycles. The molecule has 3 heterocycles. The summed E-state index contributed by atoms with van der Waals surface area (Å²) in [5.41, 5.74) is 7.65. The van der Waals surface area contributed by atoms with Crippen LogP contribution in [0.2, 0.25) is 0 Å². The quantitative estimate of drug-likeness (QED) is 0.514. The van der Waals surface area contributed by atoms with E-state index in [0.29, 0.717) is 18.7 Å². The molecule has 0 aliphatic carbocycles. The van der Waals surface area contributed by atoms with E-state index in [0.717, 1.165) is 40.1 Å². The molecule has 154 valence electrons. The van der Waals surface area contributed by atoms with Crippen molar-refractivity contribution in [2.75, 3.05) is 6.54 Å². The molecule has 0 radical (unpaired) electrons. The maximum atomic E-state index is 13.7. The Morgan fingerprint density at radius 1 is 0.935 bits per heavy atom. The summed E-state index contributed by atoms with van der Waals surface area (Å²) in [4.78, 5) is 17.2. The van der Waals surface area contributed by atoms with Gasteiger partial charge in [0.15, 0.2) is 0 Å². The highest BCUT2D eigenvalue weighted by Crippen LogP contribution is 2.41. The second-order valence-electron chi connectivity index (χ2n) is 7.87. The molecule has 1 aliphatic heterocycles. The highest BCUT2D eigenvalue weighted by atomic mass is 19.1. The Kier molecular flexibility index (Phi) is 4.86. The van der Waals surface area contributed by atoms with Crippen molar-refractivity contribution < 1.29 is 9.18 Å². The number of halogens is 1. The largest absolute Gasteiger partial charge is 0.352 e. The van der Waals surface area contributed by atoms with Crippen LogP contribution in [0.5, 0.6) is 0 Å². The van der Waals surface area contributed by atoms with E-state index in [1.54, 1.807) is 24.5 Å². The monoisotopic (exact) mass is 411 g/mol. The van der Waals surface area contributed by atoms with Crippen LogP contribution in [-0.2, 0) is 13.0 Å². The van der Waals surface area contributed by atoms with Crippen molar-refractivity contribution in [2.24, 2.45) is 0 Å². The number of benzene rings is 2. The molecule has 4 aromatic rings. The molecule has 0 unspecified atom stereocenters. The van der Waals surface area contributed by atoms with Crippen LogP contribution in [-0.4, -0.2) is 22.0 Å². The number of nitrogens with one attached hydrogen (secondary N) is 1. The molecule has 31 heavy (non-hydrogen) atoms. The number of hydrogen-bond donors (Lipinski definition) is 1. The number of pyridine rings is 1. The fourth-order valence-electron chi connectivity index (χ4n) is 4.31. The van der Waals surface area contributed by atoms with Gasteiger partial charge in [-0.3, -0.25) is 9.78 Å². The van der Waals surface area contributed by atoms with Crippen molar-refractivity contribution in [3.05, 3.63) is 101 Å². The van der Waals surface area contributed by atoms with Gasteiger partial charge in [0.1, 0.15) is 5.82 Å². The van der Waals surface area contributed by atoms with E-state index in [2.05, 4.69) is 46.1 Å². The SMILES string of the molecule is Cc1ccc(Cn2c3c(c(-c4ccc(F)cc4)c2-c2ccncc2)C(=O)NCC3)cc1. The zero-order chi connectivity index (χ0) is 21.4. The molecule has 1 N–H and O–H groups in total. The summed E-state index contributed by atoms with van der Waals surface area (Å²) in [5.74, 6) is -0.384. The van der Waals surface area contributed by atoms with E-state index in [9.17, 15) is 9.18 Å². The van der Waals surface area contributed by atoms with Crippen LogP contribution in [0.25, 0.3) is 22.4 Å². The molecule has 0 bridgehead atoms. The standard InChI is InChI=1S/C26H22FN3O/c1-17-2-4-18(5-3-17)16-30-22-12-15-29-26(31)24(22)23(19-6-8-21(27)9-7-19)25(30)20-10-13-28-14-11-20/h2-11,13-14H,12,15-16H2,1H3,(H,29,31). The minimum absolute atomic E-state index is 0.0847. The van der Waals surface area contributed by atoms with Gasteiger partial charge in [0.05, 0.1) is 11.3 Å². The molecule has 0 atom stereocenters. The lowest BCUT2D eigenvalue weighted by Gasteiger charge is -2.18. The Morgan fingerprint density at radius 2 is 1.65 bits per heavy atom. The molecule has 0 saturated heterocycles. The van der Waals surface area contributed by atoms with Crippen LogP contribution in [0.3, 0.4) is 0 Å². The van der Waals surface area contributed by atoms with Gasteiger partial charge in [-0.05, 0) is 42.3 Å². The first-order valence-corrected chi connectivity index (χ1v) is 10.4. The summed E-state index contributed by atoms with van der Waals surface area (Å²) >= 11 is 0. The number of aryl methyl sites for hydroxylation is 1. The number of carbonyl (C=O) groups is 1. The van der Waals surface area contributed by atoms with Crippen molar-refractivity contribution in [1.29, 1.82) is 0 Å². The second kappa shape index (κ2) is 7.84. The van der Waals surface area contributed by atoms with Gasteiger partial charge < -0.3 is 9.88 Å². The Balaban J connectivity index is 1.80. The van der Waals surface area contributed by atoms with Gasteiger partial charge in [0.25, 0.3) is 5.91 Å². The molecule has 2 aromatic carbocycles. The zero-order valence-electron chi connectivity index (χ0n) is 17.2. The van der Waals surface area contributed by atoms with Gasteiger partial charge in [-0.15, -0.1) is 0 Å². The van der Waals surface area contributed by atoms with Crippen molar-refractivity contribution in [3.8, 4) is 22.4 Å². The predicted molar refractivity (Wildman–Crippen MR) is 119 cm³/mol. The first-order chi connectivity index (χ1) is 15.1. The lowest BCUT2D eigenvalue weighted by molar-refractivity contribution is 0.0946. The first-order valence-electron chi connectivity index (χ1n) is 10.4. The highest BCUT2D eigenvalue weighted by molar-refractivity contribution is 6.07. The van der Waals surface area contributed by atoms with Crippen molar-refractivity contribution in [2.45, 2.75) is 19.9 Å². The minimum Gasteiger partial charge on any atom is -0.352 e. The van der Waals surface area contributed by atoms with Gasteiger partial charge in [-0.2, -0.15) is 0 Å². The third-order valence-electron chi connectivity index (χ3n) is 5.79. The Hall–Kier alpha value is -3.73. The van der Waals surface area contributed by atoms with Gasteiger partial charge in [0.2, 0.25) is 0 Å². The molecule has 2 aromatic heterocycles. The van der Waals surface area contributed by atoms with E-state index < -0.39 is 0 Å². The van der Waals surface area contributed by atoms with E-state index >= 15 is 0 Å². The van der Waals surface area contributed by atoms with Crippen LogP contribution in [0, 0.1) is 12.7 Å². The second-order valence-corrected chi connectivity index (χ2v) is 7.87. The summed E-state index contributed by atoms with van der Waals surface area (Å²) in [6.07, 6.45) is 4.25. The summed E-state index contributed by atoms with van der Waals surface area (Å²) in [5, 5.41) is 2.98. The Labute approximate surface area is 180 Å². The molecule has 0 spiro atoms. The van der Waals surface area contributed by atoms with Crippen molar-refractivity contribution >= 4 is 5.91 Å². The van der Waals surface area contributed by atoms with Gasteiger partial charge >= 0.3 is 0 Å². The lowest BCUT2D eigenvalue weighted by Crippen LogP contribution is -2.32. The lowest BCUT2D eigenvalue weighted by atomic mass is 9.95. The number of amides is 1. The molecule has 5 heteroatoms. The van der Waals surface area contributed by atoms with Crippen LogP contribution in [0.4, 0.5) is 4.39 Å². The fourth-order valence-corrected chi connectivity index (χ4v) is 4.31. The summed E-state index contributed by atoms with van der Waals surface area (Å²) < 4.78 is 15.9. The third kappa shape index (κ3) is 3.52. The van der Waals surface area contributed by atoms with Gasteiger partial charge in [-0.25, -0.2) is 4.39 Å². The number of hydrogen-bond acceptors (Lipinski definition) is 2. The number of rotatable bonds is 4. The van der Waals surface area contributed by atoms with E-state index in [1.165, 1.54) is 17.7 Å². The highest BCUT2D eigenvalue weighted by Gasteiger charge is 2.31. The van der Waals surface area contributed by atoms with E-state index in [-0.39, 0.29) is 11.7 Å². The summed E-state index contributed by atoms with van der Waals surface area (Å²) in [6.45, 7) is 3.32. The van der Waals surface area contributed by atoms with Crippen LogP contribution in [0.15, 0.2) is 73.1 Å². The normalized spacial score (nSPS) is 13.0. The third-order valence-corrected chi connectivity index (χ3v) is 5.79. The van der Waals surface area contributed by atoms with Crippen molar-refractivity contribution in [1.82, 2.24) is 14.9 Å². The Bertz CT molecular complexity index is 1240. The molecule has 1 amide bonds. The molecular weight excluding hydrogens is 389 g/mol. The van der Waals surface area contributed by atoms with Gasteiger partial charge in [-0.1, -0.05) is 42.0 Å². The molecule has 4 nitrogen and oxygen atoms in total. The summed E-state index contributed by atoms with van der Waals surface area (Å²) in [6, 6.07) is 18.7. The topological polar surface area (TPSA) is 46.9 Å². The van der Waals surface area contributed by atoms with Crippen molar-refractivity contribution in [3.63, 3.8) is 0 Å². The van der Waals surface area contributed by atoms with Crippen LogP contribution < -0.4 is 5.32 Å². The maximum Gasteiger partial charge on any atom is 0.253 e. The first kappa shape index (κ1) is 19.2. The van der Waals surface area contributed by atoms with E-state index in [1.807, 2.05) is 12.1 Å². The Morgan fingerprint density at radius 3 is 2.35 bits per heavy atom. The fraction of sp³-hybridized carbons (Fsp3) is 0.154. The number of nitrogens with zero attached hydrogens (tertiary/aromatic N) is 2. The smallest absolute Gasteiger partial charge is 0.253 e. The maximum absolute atomic E-state index is 13.7. The predicted octanol–water partition coefficient (Wildman–Crippen LogP) is 5.00. The van der Waals surface area contributed by atoms with Gasteiger partial charge in [0, 0.05) is 48.7 Å². The average molecular weight is 411 g/mol. The van der Waals surface area contributed by atoms with Crippen LogP contribution >= 0.6 is 0 Å². The van der Waals surface area contributed by atoms with E-state index in [4.69, 9.17) is 0 Å². The molecule has 5 rings (SSSR count). The minimum atomic E-state index is -0.299. The average Bonchev–Trinajstić information content (AvgIpc) is 3.12. The van der Waals surface area contributed by atoms with Crippen LogP contribution in [0.1, 0.15) is 27.2 Å². The number of fused-ring (bicyclic) bond motifs is 1. The molecule has 0 fully saturated rings. The number of carbonyl (C=O) groups excluding carboxylic acids is 1. The molecule has 1 aliphatic rings. The molecular formula is C26H22FN3O. The zero-order valence-corrected chi connectivity index (χ0v) is 17.2. The summed E-state index contributed by atoms with van der Waals surface area (Å²) in [7, 11) is 0. The number of aromatic nitrogens is 2.